The second kappa shape index (κ2) is 5.82. The van der Waals surface area contributed by atoms with Crippen molar-refractivity contribution >= 4 is 5.78 Å². The number of hydrogen-bond donors (Lipinski definition) is 0. The van der Waals surface area contributed by atoms with Crippen molar-refractivity contribution in [3.63, 3.8) is 0 Å². The van der Waals surface area contributed by atoms with Crippen LogP contribution in [-0.2, 0) is 16.0 Å². The van der Waals surface area contributed by atoms with Gasteiger partial charge < -0.3 is 9.47 Å². The summed E-state index contributed by atoms with van der Waals surface area (Å²) in [6.07, 6.45) is 3.31. The summed E-state index contributed by atoms with van der Waals surface area (Å²) in [6.45, 7) is 0.721. The first-order valence-electron chi connectivity index (χ1n) is 6.07. The van der Waals surface area contributed by atoms with Gasteiger partial charge in [0.05, 0.1) is 7.11 Å². The molecule has 1 unspecified atom stereocenters. The quantitative estimate of drug-likeness (QED) is 0.802. The van der Waals surface area contributed by atoms with Crippen LogP contribution >= 0.6 is 0 Å². The number of carbonyl (C=O) groups is 1. The van der Waals surface area contributed by atoms with Crippen molar-refractivity contribution in [2.24, 2.45) is 0 Å². The third kappa shape index (κ3) is 3.30. The van der Waals surface area contributed by atoms with E-state index in [1.54, 1.807) is 7.11 Å². The number of carbonyl (C=O) groups excluding carboxylic acids is 1. The third-order valence-electron chi connectivity index (χ3n) is 3.08. The molecule has 0 N–H and O–H groups in total. The maximum atomic E-state index is 12.0. The highest BCUT2D eigenvalue weighted by Crippen LogP contribution is 2.17. The Morgan fingerprint density at radius 3 is 2.71 bits per heavy atom. The van der Waals surface area contributed by atoms with E-state index in [0.717, 1.165) is 37.2 Å². The molecule has 92 valence electrons. The van der Waals surface area contributed by atoms with E-state index in [1.165, 1.54) is 0 Å². The summed E-state index contributed by atoms with van der Waals surface area (Å²) < 4.78 is 10.6. The van der Waals surface area contributed by atoms with Gasteiger partial charge in [0.25, 0.3) is 0 Å². The molecule has 0 radical (unpaired) electrons. The van der Waals surface area contributed by atoms with Crippen molar-refractivity contribution in [1.82, 2.24) is 0 Å². The van der Waals surface area contributed by atoms with Gasteiger partial charge in [-0.25, -0.2) is 0 Å². The van der Waals surface area contributed by atoms with Gasteiger partial charge in [0, 0.05) is 13.0 Å². The lowest BCUT2D eigenvalue weighted by Crippen LogP contribution is -2.29. The van der Waals surface area contributed by atoms with Crippen LogP contribution in [0.3, 0.4) is 0 Å². The number of rotatable bonds is 4. The molecule has 0 bridgehead atoms. The molecule has 1 aromatic carbocycles. The highest BCUT2D eigenvalue weighted by atomic mass is 16.5. The highest BCUT2D eigenvalue weighted by molar-refractivity contribution is 5.85. The van der Waals surface area contributed by atoms with E-state index in [0.29, 0.717) is 6.42 Å². The molecule has 17 heavy (non-hydrogen) atoms. The van der Waals surface area contributed by atoms with Crippen LogP contribution < -0.4 is 4.74 Å². The fourth-order valence-electron chi connectivity index (χ4n) is 2.05. The SMILES string of the molecule is COc1ccc(CC(=O)C2CCCCO2)cc1. The Balaban J connectivity index is 1.92. The fourth-order valence-corrected chi connectivity index (χ4v) is 2.05. The van der Waals surface area contributed by atoms with Crippen LogP contribution in [0.25, 0.3) is 0 Å². The second-order valence-corrected chi connectivity index (χ2v) is 4.35. The zero-order chi connectivity index (χ0) is 12.1. The minimum atomic E-state index is -0.189. The second-order valence-electron chi connectivity index (χ2n) is 4.35. The number of methoxy groups -OCH3 is 1. The maximum absolute atomic E-state index is 12.0. The van der Waals surface area contributed by atoms with Crippen molar-refractivity contribution in [3.8, 4) is 5.75 Å². The van der Waals surface area contributed by atoms with Crippen LogP contribution in [0.5, 0.6) is 5.75 Å². The first-order chi connectivity index (χ1) is 8.29. The summed E-state index contributed by atoms with van der Waals surface area (Å²) in [7, 11) is 1.63. The number of hydrogen-bond acceptors (Lipinski definition) is 3. The van der Waals surface area contributed by atoms with Gasteiger partial charge in [0.2, 0.25) is 0 Å². The molecular formula is C14H18O3. The molecule has 1 aliphatic heterocycles. The molecular weight excluding hydrogens is 216 g/mol. The van der Waals surface area contributed by atoms with Gasteiger partial charge in [-0.3, -0.25) is 4.79 Å². The molecule has 0 saturated carbocycles. The normalized spacial score (nSPS) is 19.9. The molecule has 1 heterocycles. The van der Waals surface area contributed by atoms with Gasteiger partial charge in [0.15, 0.2) is 5.78 Å². The molecule has 0 spiro atoms. The van der Waals surface area contributed by atoms with Gasteiger partial charge in [-0.2, -0.15) is 0 Å². The molecule has 1 saturated heterocycles. The van der Waals surface area contributed by atoms with Crippen molar-refractivity contribution in [1.29, 1.82) is 0 Å². The Morgan fingerprint density at radius 1 is 1.35 bits per heavy atom. The Kier molecular flexibility index (Phi) is 4.15. The smallest absolute Gasteiger partial charge is 0.165 e. The molecule has 1 aromatic rings. The van der Waals surface area contributed by atoms with E-state index < -0.39 is 0 Å². The molecule has 1 aliphatic rings. The predicted octanol–water partition coefficient (Wildman–Crippen LogP) is 2.38. The van der Waals surface area contributed by atoms with Gasteiger partial charge in [-0.15, -0.1) is 0 Å². The number of benzene rings is 1. The molecule has 0 aliphatic carbocycles. The average Bonchev–Trinajstić information content (AvgIpc) is 2.40. The lowest BCUT2D eigenvalue weighted by molar-refractivity contribution is -0.132. The molecule has 0 aromatic heterocycles. The van der Waals surface area contributed by atoms with E-state index in [4.69, 9.17) is 9.47 Å². The monoisotopic (exact) mass is 234 g/mol. The first-order valence-corrected chi connectivity index (χ1v) is 6.07. The van der Waals surface area contributed by atoms with Crippen LogP contribution in [0.1, 0.15) is 24.8 Å². The Hall–Kier alpha value is -1.35. The van der Waals surface area contributed by atoms with E-state index >= 15 is 0 Å². The minimum absolute atomic E-state index is 0.189. The van der Waals surface area contributed by atoms with Crippen molar-refractivity contribution in [3.05, 3.63) is 29.8 Å². The van der Waals surface area contributed by atoms with Crippen molar-refractivity contribution < 1.29 is 14.3 Å². The summed E-state index contributed by atoms with van der Waals surface area (Å²) in [4.78, 5) is 12.0. The third-order valence-corrected chi connectivity index (χ3v) is 3.08. The maximum Gasteiger partial charge on any atom is 0.165 e. The van der Waals surface area contributed by atoms with Gasteiger partial charge in [-0.05, 0) is 37.0 Å². The zero-order valence-electron chi connectivity index (χ0n) is 10.1. The van der Waals surface area contributed by atoms with Crippen LogP contribution in [-0.4, -0.2) is 25.6 Å². The van der Waals surface area contributed by atoms with Crippen molar-refractivity contribution in [2.45, 2.75) is 31.8 Å². The predicted molar refractivity (Wildman–Crippen MR) is 65.3 cm³/mol. The first kappa shape index (κ1) is 12.1. The molecule has 1 fully saturated rings. The molecule has 0 amide bonds. The molecule has 1 atom stereocenters. The Labute approximate surface area is 102 Å². The number of ether oxygens (including phenoxy) is 2. The topological polar surface area (TPSA) is 35.5 Å². The van der Waals surface area contributed by atoms with Crippen LogP contribution in [0.4, 0.5) is 0 Å². The lowest BCUT2D eigenvalue weighted by atomic mass is 10.00. The largest absolute Gasteiger partial charge is 0.497 e. The Morgan fingerprint density at radius 2 is 2.12 bits per heavy atom. The van der Waals surface area contributed by atoms with E-state index in [2.05, 4.69) is 0 Å². The summed E-state index contributed by atoms with van der Waals surface area (Å²) in [5.41, 5.74) is 1.02. The molecule has 2 rings (SSSR count). The summed E-state index contributed by atoms with van der Waals surface area (Å²) in [5.74, 6) is 1.00. The molecule has 3 nitrogen and oxygen atoms in total. The Bertz CT molecular complexity index is 364. The van der Waals surface area contributed by atoms with Crippen LogP contribution in [0.2, 0.25) is 0 Å². The number of Topliss-reactive ketones (excluding diaryl/α,β-unsaturated/α-hetero) is 1. The van der Waals surface area contributed by atoms with E-state index in [9.17, 15) is 4.79 Å². The number of ketones is 1. The summed E-state index contributed by atoms with van der Waals surface area (Å²) in [5, 5.41) is 0. The van der Waals surface area contributed by atoms with Crippen molar-refractivity contribution in [2.75, 3.05) is 13.7 Å². The van der Waals surface area contributed by atoms with Gasteiger partial charge in [0.1, 0.15) is 11.9 Å². The van der Waals surface area contributed by atoms with E-state index in [1.807, 2.05) is 24.3 Å². The zero-order valence-corrected chi connectivity index (χ0v) is 10.1. The highest BCUT2D eigenvalue weighted by Gasteiger charge is 2.21. The fraction of sp³-hybridized carbons (Fsp3) is 0.500. The molecule has 3 heteroatoms. The lowest BCUT2D eigenvalue weighted by Gasteiger charge is -2.21. The standard InChI is InChI=1S/C14H18O3/c1-16-12-7-5-11(6-8-12)10-13(15)14-4-2-3-9-17-14/h5-8,14H,2-4,9-10H2,1H3. The average molecular weight is 234 g/mol. The van der Waals surface area contributed by atoms with Crippen LogP contribution in [0, 0.1) is 0 Å². The van der Waals surface area contributed by atoms with Gasteiger partial charge in [-0.1, -0.05) is 12.1 Å². The van der Waals surface area contributed by atoms with E-state index in [-0.39, 0.29) is 11.9 Å². The van der Waals surface area contributed by atoms with Gasteiger partial charge >= 0.3 is 0 Å². The summed E-state index contributed by atoms with van der Waals surface area (Å²) >= 11 is 0. The minimum Gasteiger partial charge on any atom is -0.497 e. The summed E-state index contributed by atoms with van der Waals surface area (Å²) in [6, 6.07) is 7.62. The van der Waals surface area contributed by atoms with Crippen LogP contribution in [0.15, 0.2) is 24.3 Å².